The number of methoxy groups -OCH3 is 2. The van der Waals surface area contributed by atoms with E-state index in [4.69, 9.17) is 15.2 Å². The average molecular weight is 275 g/mol. The maximum absolute atomic E-state index is 13.7. The number of anilines is 1. The third kappa shape index (κ3) is 2.56. The average Bonchev–Trinajstić information content (AvgIpc) is 2.46. The fraction of sp³-hybridized carbons (Fsp3) is 0.133. The summed E-state index contributed by atoms with van der Waals surface area (Å²) in [6.07, 6.45) is 0. The maximum atomic E-state index is 13.7. The highest BCUT2D eigenvalue weighted by Crippen LogP contribution is 2.26. The molecule has 0 aromatic heterocycles. The van der Waals surface area contributed by atoms with E-state index in [1.807, 2.05) is 0 Å². The molecule has 0 bridgehead atoms. The van der Waals surface area contributed by atoms with Gasteiger partial charge in [0.2, 0.25) is 0 Å². The van der Waals surface area contributed by atoms with E-state index < -0.39 is 5.82 Å². The summed E-state index contributed by atoms with van der Waals surface area (Å²) in [4.78, 5) is 12.4. The molecule has 4 nitrogen and oxygen atoms in total. The number of benzene rings is 2. The van der Waals surface area contributed by atoms with E-state index in [1.165, 1.54) is 32.4 Å². The molecule has 0 aliphatic carbocycles. The molecule has 2 rings (SSSR count). The van der Waals surface area contributed by atoms with Gasteiger partial charge in [-0.05, 0) is 36.4 Å². The molecule has 104 valence electrons. The highest BCUT2D eigenvalue weighted by atomic mass is 19.1. The van der Waals surface area contributed by atoms with Gasteiger partial charge in [0.1, 0.15) is 5.75 Å². The number of carbonyl (C=O) groups excluding carboxylic acids is 1. The lowest BCUT2D eigenvalue weighted by Crippen LogP contribution is -2.05. The van der Waals surface area contributed by atoms with Crippen molar-refractivity contribution in [1.82, 2.24) is 0 Å². The van der Waals surface area contributed by atoms with E-state index in [0.29, 0.717) is 11.4 Å². The lowest BCUT2D eigenvalue weighted by molar-refractivity contribution is 0.103. The van der Waals surface area contributed by atoms with Gasteiger partial charge in [-0.25, -0.2) is 4.39 Å². The van der Waals surface area contributed by atoms with Crippen LogP contribution in [-0.4, -0.2) is 20.0 Å². The Balaban J connectivity index is 2.46. The number of hydrogen-bond acceptors (Lipinski definition) is 4. The predicted octanol–water partition coefficient (Wildman–Crippen LogP) is 2.66. The predicted molar refractivity (Wildman–Crippen MR) is 73.8 cm³/mol. The number of nitrogen functional groups attached to an aromatic ring is 1. The zero-order valence-electron chi connectivity index (χ0n) is 11.1. The zero-order valence-corrected chi connectivity index (χ0v) is 11.1. The van der Waals surface area contributed by atoms with Gasteiger partial charge in [0, 0.05) is 11.3 Å². The van der Waals surface area contributed by atoms with Crippen molar-refractivity contribution in [2.45, 2.75) is 0 Å². The number of ketones is 1. The van der Waals surface area contributed by atoms with Crippen LogP contribution in [0.15, 0.2) is 36.4 Å². The third-order valence-electron chi connectivity index (χ3n) is 2.88. The van der Waals surface area contributed by atoms with Crippen molar-refractivity contribution in [1.29, 1.82) is 0 Å². The molecule has 0 radical (unpaired) electrons. The Bertz CT molecular complexity index is 656. The van der Waals surface area contributed by atoms with Gasteiger partial charge in [0.05, 0.1) is 19.8 Å². The van der Waals surface area contributed by atoms with Crippen LogP contribution in [0.2, 0.25) is 0 Å². The third-order valence-corrected chi connectivity index (χ3v) is 2.88. The molecular weight excluding hydrogens is 261 g/mol. The number of ether oxygens (including phenoxy) is 2. The van der Waals surface area contributed by atoms with E-state index in [1.54, 1.807) is 12.1 Å². The van der Waals surface area contributed by atoms with Crippen LogP contribution in [0, 0.1) is 5.82 Å². The van der Waals surface area contributed by atoms with Crippen molar-refractivity contribution >= 4 is 11.5 Å². The quantitative estimate of drug-likeness (QED) is 0.688. The molecule has 2 N–H and O–H groups in total. The van der Waals surface area contributed by atoms with Crippen LogP contribution in [0.1, 0.15) is 15.9 Å². The molecule has 2 aromatic rings. The minimum Gasteiger partial charge on any atom is -0.496 e. The van der Waals surface area contributed by atoms with Crippen LogP contribution >= 0.6 is 0 Å². The van der Waals surface area contributed by atoms with Crippen molar-refractivity contribution in [3.05, 3.63) is 53.3 Å². The van der Waals surface area contributed by atoms with Gasteiger partial charge in [-0.3, -0.25) is 4.79 Å². The van der Waals surface area contributed by atoms with Gasteiger partial charge >= 0.3 is 0 Å². The summed E-state index contributed by atoms with van der Waals surface area (Å²) >= 11 is 0. The Labute approximate surface area is 115 Å². The monoisotopic (exact) mass is 275 g/mol. The van der Waals surface area contributed by atoms with Gasteiger partial charge in [-0.2, -0.15) is 0 Å². The van der Waals surface area contributed by atoms with Crippen molar-refractivity contribution in [3.8, 4) is 11.5 Å². The van der Waals surface area contributed by atoms with Crippen molar-refractivity contribution < 1.29 is 18.7 Å². The molecule has 0 saturated carbocycles. The first kappa shape index (κ1) is 13.9. The smallest absolute Gasteiger partial charge is 0.196 e. The van der Waals surface area contributed by atoms with Crippen molar-refractivity contribution in [2.24, 2.45) is 0 Å². The lowest BCUT2D eigenvalue weighted by atomic mass is 10.0. The van der Waals surface area contributed by atoms with Gasteiger partial charge in [0.15, 0.2) is 17.3 Å². The van der Waals surface area contributed by atoms with E-state index >= 15 is 0 Å². The van der Waals surface area contributed by atoms with Crippen LogP contribution < -0.4 is 15.2 Å². The second-order valence-electron chi connectivity index (χ2n) is 4.14. The molecule has 5 heteroatoms. The molecule has 0 atom stereocenters. The summed E-state index contributed by atoms with van der Waals surface area (Å²) in [5.41, 5.74) is 6.60. The minimum absolute atomic E-state index is 0.0843. The summed E-state index contributed by atoms with van der Waals surface area (Å²) in [6, 6.07) is 8.76. The largest absolute Gasteiger partial charge is 0.496 e. The van der Waals surface area contributed by atoms with E-state index in [-0.39, 0.29) is 22.7 Å². The molecule has 0 saturated heterocycles. The lowest BCUT2D eigenvalue weighted by Gasteiger charge is -2.09. The van der Waals surface area contributed by atoms with Crippen LogP contribution in [-0.2, 0) is 0 Å². The molecule has 20 heavy (non-hydrogen) atoms. The van der Waals surface area contributed by atoms with Crippen LogP contribution in [0.25, 0.3) is 0 Å². The fourth-order valence-electron chi connectivity index (χ4n) is 1.87. The second-order valence-corrected chi connectivity index (χ2v) is 4.14. The van der Waals surface area contributed by atoms with Gasteiger partial charge < -0.3 is 15.2 Å². The van der Waals surface area contributed by atoms with Crippen molar-refractivity contribution in [2.75, 3.05) is 20.0 Å². The molecule has 0 spiro atoms. The van der Waals surface area contributed by atoms with Crippen LogP contribution in [0.4, 0.5) is 10.1 Å². The zero-order chi connectivity index (χ0) is 14.7. The van der Waals surface area contributed by atoms with E-state index in [2.05, 4.69) is 0 Å². The topological polar surface area (TPSA) is 61.5 Å². The Morgan fingerprint density at radius 1 is 1.05 bits per heavy atom. The van der Waals surface area contributed by atoms with Crippen LogP contribution in [0.3, 0.4) is 0 Å². The Morgan fingerprint density at radius 2 is 1.70 bits per heavy atom. The van der Waals surface area contributed by atoms with Crippen molar-refractivity contribution in [3.63, 3.8) is 0 Å². The Kier molecular flexibility index (Phi) is 3.89. The summed E-state index contributed by atoms with van der Waals surface area (Å²) < 4.78 is 23.6. The number of carbonyl (C=O) groups is 1. The van der Waals surface area contributed by atoms with Gasteiger partial charge in [0.25, 0.3) is 0 Å². The Morgan fingerprint density at radius 3 is 2.30 bits per heavy atom. The highest BCUT2D eigenvalue weighted by molar-refractivity contribution is 6.11. The second kappa shape index (κ2) is 5.61. The summed E-state index contributed by atoms with van der Waals surface area (Å²) in [6.45, 7) is 0. The number of halogens is 1. The number of hydrogen-bond donors (Lipinski definition) is 1. The summed E-state index contributed by atoms with van der Waals surface area (Å²) in [5.74, 6) is -0.488. The van der Waals surface area contributed by atoms with Gasteiger partial charge in [-0.1, -0.05) is 0 Å². The minimum atomic E-state index is -0.596. The summed E-state index contributed by atoms with van der Waals surface area (Å²) in [7, 11) is 2.82. The molecular formula is C15H14FNO3. The maximum Gasteiger partial charge on any atom is 0.196 e. The molecule has 0 fully saturated rings. The number of rotatable bonds is 4. The van der Waals surface area contributed by atoms with E-state index in [0.717, 1.165) is 6.07 Å². The first-order valence-electron chi connectivity index (χ1n) is 5.88. The SMILES string of the molecule is COc1ccc(C(=O)c2cc(N)ccc2OC)cc1F. The molecule has 0 amide bonds. The highest BCUT2D eigenvalue weighted by Gasteiger charge is 2.16. The normalized spacial score (nSPS) is 10.2. The number of nitrogens with two attached hydrogens (primary N) is 1. The first-order valence-corrected chi connectivity index (χ1v) is 5.88. The summed E-state index contributed by atoms with van der Waals surface area (Å²) in [5, 5.41) is 0. The first-order chi connectivity index (χ1) is 9.56. The molecule has 0 unspecified atom stereocenters. The molecule has 0 aliphatic heterocycles. The molecule has 0 aliphatic rings. The standard InChI is InChI=1S/C15H14FNO3/c1-19-13-6-4-10(17)8-11(13)15(18)9-3-5-14(20-2)12(16)7-9/h3-8H,17H2,1-2H3. The van der Waals surface area contributed by atoms with Crippen LogP contribution in [0.5, 0.6) is 11.5 Å². The molecule has 2 aromatic carbocycles. The Hall–Kier alpha value is -2.56. The molecule has 0 heterocycles. The fourth-order valence-corrected chi connectivity index (χ4v) is 1.87. The van der Waals surface area contributed by atoms with Gasteiger partial charge in [-0.15, -0.1) is 0 Å². The van der Waals surface area contributed by atoms with E-state index in [9.17, 15) is 9.18 Å².